The van der Waals surface area contributed by atoms with E-state index in [1.165, 1.54) is 0 Å². The second-order valence-corrected chi connectivity index (χ2v) is 6.58. The Morgan fingerprint density at radius 1 is 1.00 bits per heavy atom. The minimum absolute atomic E-state index is 0.0563. The van der Waals surface area contributed by atoms with Crippen LogP contribution in [0.2, 0.25) is 0 Å². The van der Waals surface area contributed by atoms with Crippen LogP contribution in [0, 0.1) is 11.3 Å². The molecule has 2 amide bonds. The Kier molecular flexibility index (Phi) is 5.28. The Balaban J connectivity index is 2.01. The monoisotopic (exact) mass is 372 g/mol. The number of imide groups is 1. The molecule has 1 N–H and O–H groups in total. The van der Waals surface area contributed by atoms with E-state index < -0.39 is 11.8 Å². The van der Waals surface area contributed by atoms with Crippen molar-refractivity contribution in [3.05, 3.63) is 76.9 Å². The third-order valence-corrected chi connectivity index (χ3v) is 4.48. The zero-order valence-corrected chi connectivity index (χ0v) is 15.9. The first-order valence-electron chi connectivity index (χ1n) is 8.73. The summed E-state index contributed by atoms with van der Waals surface area (Å²) in [7, 11) is 3.89. The maximum atomic E-state index is 13.0. The largest absolute Gasteiger partial charge is 0.378 e. The minimum Gasteiger partial charge on any atom is -0.378 e. The molecule has 1 aliphatic rings. The first kappa shape index (κ1) is 18.9. The van der Waals surface area contributed by atoms with Crippen LogP contribution in [0.3, 0.4) is 0 Å². The number of amides is 2. The number of rotatable bonds is 4. The zero-order valence-electron chi connectivity index (χ0n) is 15.9. The summed E-state index contributed by atoms with van der Waals surface area (Å²) in [5, 5.41) is 10.3. The molecular weight excluding hydrogens is 352 g/mol. The maximum Gasteiger partial charge on any atom is 0.290 e. The van der Waals surface area contributed by atoms with E-state index in [0.717, 1.165) is 16.3 Å². The number of carbonyl (C=O) groups is 2. The van der Waals surface area contributed by atoms with Crippen molar-refractivity contribution in [2.24, 2.45) is 0 Å². The van der Waals surface area contributed by atoms with Crippen LogP contribution in [0.1, 0.15) is 12.5 Å². The van der Waals surface area contributed by atoms with Gasteiger partial charge in [0.05, 0.1) is 5.69 Å². The van der Waals surface area contributed by atoms with Crippen LogP contribution in [0.5, 0.6) is 0 Å². The molecule has 0 fully saturated rings. The van der Waals surface area contributed by atoms with E-state index in [9.17, 15) is 14.9 Å². The highest BCUT2D eigenvalue weighted by Gasteiger charge is 2.35. The quantitative estimate of drug-likeness (QED) is 0.658. The van der Waals surface area contributed by atoms with Crippen LogP contribution in [-0.4, -0.2) is 30.9 Å². The number of hydrogen-bond donors (Lipinski definition) is 1. The summed E-state index contributed by atoms with van der Waals surface area (Å²) < 4.78 is 0. The van der Waals surface area contributed by atoms with E-state index in [4.69, 9.17) is 0 Å². The van der Waals surface area contributed by atoms with Crippen molar-refractivity contribution in [1.82, 2.24) is 5.01 Å². The topological polar surface area (TPSA) is 76.4 Å². The standard InChI is InChI=1S/C22H20N4O2/c1-15-19(13-16-9-11-18(12-10-16)25(2)3)21(27)26(22(28)20(15)14-23)24-17-7-5-4-6-8-17/h4-13,24H,1-3H3/b19-13-. The molecule has 2 aromatic carbocycles. The summed E-state index contributed by atoms with van der Waals surface area (Å²) in [6, 6.07) is 18.5. The lowest BCUT2D eigenvalue weighted by Gasteiger charge is -2.28. The Morgan fingerprint density at radius 3 is 2.21 bits per heavy atom. The van der Waals surface area contributed by atoms with Crippen molar-refractivity contribution < 1.29 is 9.59 Å². The molecule has 0 unspecified atom stereocenters. The van der Waals surface area contributed by atoms with Gasteiger partial charge in [-0.3, -0.25) is 15.0 Å². The molecule has 0 aromatic heterocycles. The Hall–Kier alpha value is -3.85. The highest BCUT2D eigenvalue weighted by Crippen LogP contribution is 2.27. The smallest absolute Gasteiger partial charge is 0.290 e. The third kappa shape index (κ3) is 3.64. The van der Waals surface area contributed by atoms with Crippen LogP contribution in [0.25, 0.3) is 6.08 Å². The van der Waals surface area contributed by atoms with E-state index in [1.807, 2.05) is 55.4 Å². The average Bonchev–Trinajstić information content (AvgIpc) is 2.70. The van der Waals surface area contributed by atoms with E-state index in [1.54, 1.807) is 37.3 Å². The number of hydrogen-bond acceptors (Lipinski definition) is 5. The van der Waals surface area contributed by atoms with E-state index in [0.29, 0.717) is 16.8 Å². The lowest BCUT2D eigenvalue weighted by molar-refractivity contribution is -0.138. The summed E-state index contributed by atoms with van der Waals surface area (Å²) >= 11 is 0. The number of nitriles is 1. The maximum absolute atomic E-state index is 13.0. The first-order chi connectivity index (χ1) is 13.4. The molecular formula is C22H20N4O2. The molecule has 28 heavy (non-hydrogen) atoms. The predicted octanol–water partition coefficient (Wildman–Crippen LogP) is 3.37. The molecule has 6 heteroatoms. The average molecular weight is 372 g/mol. The molecule has 0 atom stereocenters. The molecule has 0 bridgehead atoms. The second kappa shape index (κ2) is 7.80. The molecule has 1 heterocycles. The Bertz CT molecular complexity index is 1010. The predicted molar refractivity (Wildman–Crippen MR) is 109 cm³/mol. The molecule has 0 spiro atoms. The van der Waals surface area contributed by atoms with Crippen LogP contribution in [0.15, 0.2) is 71.3 Å². The SMILES string of the molecule is CC1=C(C#N)C(=O)N(Nc2ccccc2)C(=O)/C1=C\c1ccc(N(C)C)cc1. The van der Waals surface area contributed by atoms with Crippen LogP contribution in [-0.2, 0) is 9.59 Å². The summed E-state index contributed by atoms with van der Waals surface area (Å²) in [6.45, 7) is 1.62. The van der Waals surface area contributed by atoms with Gasteiger partial charge in [-0.25, -0.2) is 0 Å². The lowest BCUT2D eigenvalue weighted by atomic mass is 9.94. The molecule has 0 radical (unpaired) electrons. The van der Waals surface area contributed by atoms with Gasteiger partial charge < -0.3 is 4.90 Å². The molecule has 0 saturated carbocycles. The van der Waals surface area contributed by atoms with Crippen LogP contribution >= 0.6 is 0 Å². The number of hydrazine groups is 1. The zero-order chi connectivity index (χ0) is 20.3. The number of nitrogens with one attached hydrogen (secondary N) is 1. The molecule has 3 rings (SSSR count). The van der Waals surface area contributed by atoms with E-state index in [-0.39, 0.29) is 5.57 Å². The normalized spacial score (nSPS) is 15.6. The summed E-state index contributed by atoms with van der Waals surface area (Å²) in [5.41, 5.74) is 5.85. The van der Waals surface area contributed by atoms with Gasteiger partial charge in [0.25, 0.3) is 11.8 Å². The van der Waals surface area contributed by atoms with Gasteiger partial charge in [0.2, 0.25) is 0 Å². The number of carbonyl (C=O) groups excluding carboxylic acids is 2. The van der Waals surface area contributed by atoms with Gasteiger partial charge in [-0.2, -0.15) is 10.3 Å². The fourth-order valence-corrected chi connectivity index (χ4v) is 2.86. The van der Waals surface area contributed by atoms with Gasteiger partial charge >= 0.3 is 0 Å². The van der Waals surface area contributed by atoms with Gasteiger partial charge in [-0.1, -0.05) is 30.3 Å². The third-order valence-electron chi connectivity index (χ3n) is 4.48. The molecule has 1 aliphatic heterocycles. The lowest BCUT2D eigenvalue weighted by Crippen LogP contribution is -2.46. The van der Waals surface area contributed by atoms with Gasteiger partial charge in [0, 0.05) is 25.4 Å². The van der Waals surface area contributed by atoms with Crippen molar-refractivity contribution >= 4 is 29.3 Å². The molecule has 2 aromatic rings. The van der Waals surface area contributed by atoms with Crippen LogP contribution < -0.4 is 10.3 Å². The summed E-state index contributed by atoms with van der Waals surface area (Å²) in [6.07, 6.45) is 1.69. The van der Waals surface area contributed by atoms with Gasteiger partial charge in [0.15, 0.2) is 0 Å². The van der Waals surface area contributed by atoms with Crippen molar-refractivity contribution in [2.75, 3.05) is 24.4 Å². The van der Waals surface area contributed by atoms with E-state index in [2.05, 4.69) is 5.43 Å². The Morgan fingerprint density at radius 2 is 1.64 bits per heavy atom. The Labute approximate surface area is 164 Å². The summed E-state index contributed by atoms with van der Waals surface area (Å²) in [5.74, 6) is -1.16. The highest BCUT2D eigenvalue weighted by atomic mass is 16.2. The van der Waals surface area contributed by atoms with Gasteiger partial charge in [-0.15, -0.1) is 0 Å². The number of nitrogens with zero attached hydrogens (tertiary/aromatic N) is 3. The number of para-hydroxylation sites is 1. The summed E-state index contributed by atoms with van der Waals surface area (Å²) in [4.78, 5) is 27.6. The molecule has 0 saturated heterocycles. The highest BCUT2D eigenvalue weighted by molar-refractivity contribution is 6.20. The molecule has 140 valence electrons. The van der Waals surface area contributed by atoms with Crippen molar-refractivity contribution in [3.63, 3.8) is 0 Å². The van der Waals surface area contributed by atoms with Crippen molar-refractivity contribution in [2.45, 2.75) is 6.92 Å². The fourth-order valence-electron chi connectivity index (χ4n) is 2.86. The number of anilines is 2. The molecule has 6 nitrogen and oxygen atoms in total. The molecule has 0 aliphatic carbocycles. The van der Waals surface area contributed by atoms with Crippen LogP contribution in [0.4, 0.5) is 11.4 Å². The first-order valence-corrected chi connectivity index (χ1v) is 8.73. The van der Waals surface area contributed by atoms with Gasteiger partial charge in [0.1, 0.15) is 11.6 Å². The second-order valence-electron chi connectivity index (χ2n) is 6.58. The fraction of sp³-hybridized carbons (Fsp3) is 0.136. The minimum atomic E-state index is -0.658. The number of benzene rings is 2. The van der Waals surface area contributed by atoms with Gasteiger partial charge in [-0.05, 0) is 48.4 Å². The van der Waals surface area contributed by atoms with E-state index >= 15 is 0 Å². The van der Waals surface area contributed by atoms with Crippen molar-refractivity contribution in [3.8, 4) is 6.07 Å². The van der Waals surface area contributed by atoms with Crippen molar-refractivity contribution in [1.29, 1.82) is 5.26 Å².